The van der Waals surface area contributed by atoms with Crippen molar-refractivity contribution in [2.75, 3.05) is 0 Å². The molecule has 0 saturated carbocycles. The highest BCUT2D eigenvalue weighted by Crippen LogP contribution is 2.09. The number of benzene rings is 1. The second-order valence-electron chi connectivity index (χ2n) is 4.82. The molecule has 6 heteroatoms. The first-order valence-corrected chi connectivity index (χ1v) is 6.75. The van der Waals surface area contributed by atoms with Crippen LogP contribution in [0.3, 0.4) is 0 Å². The molecule has 22 heavy (non-hydrogen) atoms. The molecule has 0 spiro atoms. The van der Waals surface area contributed by atoms with E-state index in [-0.39, 0.29) is 6.42 Å². The monoisotopic (exact) mass is 300 g/mol. The third-order valence-electron chi connectivity index (χ3n) is 3.13. The van der Waals surface area contributed by atoms with Gasteiger partial charge in [-0.1, -0.05) is 42.5 Å². The molecule has 1 aromatic heterocycles. The predicted molar refractivity (Wildman–Crippen MR) is 80.2 cm³/mol. The van der Waals surface area contributed by atoms with Crippen molar-refractivity contribution in [1.82, 2.24) is 9.78 Å². The lowest BCUT2D eigenvalue weighted by Crippen LogP contribution is -2.25. The predicted octanol–water partition coefficient (Wildman–Crippen LogP) is 1.92. The Morgan fingerprint density at radius 2 is 1.86 bits per heavy atom. The minimum absolute atomic E-state index is 0.0763. The van der Waals surface area contributed by atoms with Gasteiger partial charge < -0.3 is 10.2 Å². The van der Waals surface area contributed by atoms with E-state index in [0.29, 0.717) is 12.1 Å². The number of carbonyl (C=O) groups is 2. The molecule has 0 amide bonds. The molecule has 0 saturated heterocycles. The van der Waals surface area contributed by atoms with E-state index in [2.05, 4.69) is 5.10 Å². The van der Waals surface area contributed by atoms with Crippen molar-refractivity contribution in [2.45, 2.75) is 13.0 Å². The van der Waals surface area contributed by atoms with E-state index in [1.807, 2.05) is 42.5 Å². The van der Waals surface area contributed by atoms with Crippen LogP contribution in [0.15, 0.2) is 48.8 Å². The first kappa shape index (κ1) is 15.5. The van der Waals surface area contributed by atoms with Crippen LogP contribution in [0.1, 0.15) is 11.1 Å². The van der Waals surface area contributed by atoms with Crippen molar-refractivity contribution in [3.8, 4) is 0 Å². The molecule has 2 rings (SSSR count). The fourth-order valence-corrected chi connectivity index (χ4v) is 1.99. The van der Waals surface area contributed by atoms with E-state index in [0.717, 1.165) is 5.56 Å². The van der Waals surface area contributed by atoms with Crippen LogP contribution in [0.2, 0.25) is 0 Å². The summed E-state index contributed by atoms with van der Waals surface area (Å²) in [5, 5.41) is 21.8. The molecule has 0 aliphatic rings. The minimum atomic E-state index is -1.45. The summed E-state index contributed by atoms with van der Waals surface area (Å²) in [4.78, 5) is 21.7. The smallest absolute Gasteiger partial charge is 0.318 e. The van der Waals surface area contributed by atoms with Crippen molar-refractivity contribution >= 4 is 18.0 Å². The van der Waals surface area contributed by atoms with Gasteiger partial charge in [-0.15, -0.1) is 0 Å². The molecule has 0 aliphatic carbocycles. The van der Waals surface area contributed by atoms with Crippen molar-refractivity contribution in [2.24, 2.45) is 5.92 Å². The third kappa shape index (κ3) is 4.31. The van der Waals surface area contributed by atoms with Gasteiger partial charge in [-0.05, 0) is 17.5 Å². The van der Waals surface area contributed by atoms with Crippen molar-refractivity contribution in [3.05, 3.63) is 59.9 Å². The largest absolute Gasteiger partial charge is 0.481 e. The summed E-state index contributed by atoms with van der Waals surface area (Å²) < 4.78 is 1.63. The van der Waals surface area contributed by atoms with Crippen LogP contribution >= 0.6 is 0 Å². The van der Waals surface area contributed by atoms with Crippen LogP contribution in [0.5, 0.6) is 0 Å². The summed E-state index contributed by atoms with van der Waals surface area (Å²) in [7, 11) is 0. The van der Waals surface area contributed by atoms with Crippen molar-refractivity contribution in [1.29, 1.82) is 0 Å². The van der Waals surface area contributed by atoms with Gasteiger partial charge in [0.1, 0.15) is 0 Å². The Morgan fingerprint density at radius 1 is 1.18 bits per heavy atom. The maximum absolute atomic E-state index is 10.9. The molecule has 0 fully saturated rings. The molecule has 2 aromatic rings. The fraction of sp³-hybridized carbons (Fsp3) is 0.188. The molecule has 6 nitrogen and oxygen atoms in total. The molecule has 2 N–H and O–H groups in total. The molecular formula is C16H16N2O4. The molecule has 0 bridgehead atoms. The summed E-state index contributed by atoms with van der Waals surface area (Å²) in [5.41, 5.74) is 1.66. The quantitative estimate of drug-likeness (QED) is 0.762. The number of rotatable bonds is 7. The Hall–Kier alpha value is -2.89. The van der Waals surface area contributed by atoms with Gasteiger partial charge in [0.15, 0.2) is 5.92 Å². The number of hydrogen-bond donors (Lipinski definition) is 2. The molecule has 1 aromatic carbocycles. The normalized spacial score (nSPS) is 11.1. The molecular weight excluding hydrogens is 284 g/mol. The zero-order valence-electron chi connectivity index (χ0n) is 11.8. The second kappa shape index (κ2) is 7.21. The summed E-state index contributed by atoms with van der Waals surface area (Å²) in [6.45, 7) is 0.527. The van der Waals surface area contributed by atoms with Crippen LogP contribution in [-0.2, 0) is 22.6 Å². The number of aliphatic carboxylic acids is 2. The molecule has 114 valence electrons. The van der Waals surface area contributed by atoms with Gasteiger partial charge in [-0.25, -0.2) is 0 Å². The average Bonchev–Trinajstić information content (AvgIpc) is 2.93. The van der Waals surface area contributed by atoms with Crippen LogP contribution < -0.4 is 0 Å². The van der Waals surface area contributed by atoms with Crippen LogP contribution in [-0.4, -0.2) is 31.9 Å². The zero-order chi connectivity index (χ0) is 15.9. The van der Waals surface area contributed by atoms with E-state index in [4.69, 9.17) is 10.2 Å². The third-order valence-corrected chi connectivity index (χ3v) is 3.13. The maximum Gasteiger partial charge on any atom is 0.318 e. The fourth-order valence-electron chi connectivity index (χ4n) is 1.99. The van der Waals surface area contributed by atoms with Crippen molar-refractivity contribution < 1.29 is 19.8 Å². The number of carboxylic acids is 2. The van der Waals surface area contributed by atoms with E-state index < -0.39 is 17.9 Å². The van der Waals surface area contributed by atoms with E-state index in [1.54, 1.807) is 10.9 Å². The molecule has 1 heterocycles. The van der Waals surface area contributed by atoms with Gasteiger partial charge in [0.2, 0.25) is 0 Å². The van der Waals surface area contributed by atoms with Gasteiger partial charge in [0.25, 0.3) is 0 Å². The Balaban J connectivity index is 1.95. The molecule has 0 radical (unpaired) electrons. The molecule has 0 unspecified atom stereocenters. The first-order chi connectivity index (χ1) is 10.6. The second-order valence-corrected chi connectivity index (χ2v) is 4.82. The number of aromatic nitrogens is 2. The van der Waals surface area contributed by atoms with Gasteiger partial charge in [0, 0.05) is 6.20 Å². The highest BCUT2D eigenvalue weighted by Gasteiger charge is 2.26. The van der Waals surface area contributed by atoms with Gasteiger partial charge in [-0.3, -0.25) is 14.3 Å². The van der Waals surface area contributed by atoms with E-state index >= 15 is 0 Å². The maximum atomic E-state index is 10.9. The SMILES string of the molecule is O=C(O)C(Cc1cnn(CC=Cc2ccccc2)c1)C(=O)O. The van der Waals surface area contributed by atoms with Gasteiger partial charge in [0.05, 0.1) is 12.7 Å². The average molecular weight is 300 g/mol. The topological polar surface area (TPSA) is 92.4 Å². The van der Waals surface area contributed by atoms with Crippen molar-refractivity contribution in [3.63, 3.8) is 0 Å². The minimum Gasteiger partial charge on any atom is -0.481 e. The number of carboxylic acid groups (broad SMARTS) is 2. The zero-order valence-corrected chi connectivity index (χ0v) is 11.8. The van der Waals surface area contributed by atoms with Crippen LogP contribution in [0, 0.1) is 5.92 Å². The molecule has 0 atom stereocenters. The number of hydrogen-bond acceptors (Lipinski definition) is 3. The lowest BCUT2D eigenvalue weighted by Gasteiger charge is -2.04. The van der Waals surface area contributed by atoms with Crippen LogP contribution in [0.25, 0.3) is 6.08 Å². The highest BCUT2D eigenvalue weighted by molar-refractivity contribution is 5.93. The Labute approximate surface area is 127 Å². The summed E-state index contributed by atoms with van der Waals surface area (Å²) in [5.74, 6) is -4.13. The summed E-state index contributed by atoms with van der Waals surface area (Å²) in [6.07, 6.45) is 6.97. The Morgan fingerprint density at radius 3 is 2.50 bits per heavy atom. The summed E-state index contributed by atoms with van der Waals surface area (Å²) >= 11 is 0. The lowest BCUT2D eigenvalue weighted by molar-refractivity contribution is -0.154. The number of nitrogens with zero attached hydrogens (tertiary/aromatic N) is 2. The molecule has 0 aliphatic heterocycles. The Kier molecular flexibility index (Phi) is 5.08. The van der Waals surface area contributed by atoms with E-state index in [9.17, 15) is 9.59 Å². The summed E-state index contributed by atoms with van der Waals surface area (Å²) in [6, 6.07) is 9.80. The number of allylic oxidation sites excluding steroid dienone is 1. The van der Waals surface area contributed by atoms with Gasteiger partial charge >= 0.3 is 11.9 Å². The standard InChI is InChI=1S/C16H16N2O4/c19-15(20)14(16(21)22)9-13-10-17-18(11-13)8-4-7-12-5-2-1-3-6-12/h1-7,10-11,14H,8-9H2,(H,19,20)(H,21,22). The first-order valence-electron chi connectivity index (χ1n) is 6.75. The van der Waals surface area contributed by atoms with Crippen LogP contribution in [0.4, 0.5) is 0 Å². The van der Waals surface area contributed by atoms with E-state index in [1.165, 1.54) is 6.20 Å². The Bertz CT molecular complexity index is 662. The lowest BCUT2D eigenvalue weighted by atomic mass is 10.0. The van der Waals surface area contributed by atoms with Gasteiger partial charge in [-0.2, -0.15) is 5.10 Å². The highest BCUT2D eigenvalue weighted by atomic mass is 16.4.